The van der Waals surface area contributed by atoms with E-state index in [1.54, 1.807) is 30.6 Å². The Balaban J connectivity index is 1.38. The molecule has 0 bridgehead atoms. The molecule has 1 saturated heterocycles. The molecule has 4 N–H and O–H groups in total. The summed E-state index contributed by atoms with van der Waals surface area (Å²) in [5.41, 5.74) is 7.06. The fourth-order valence-corrected chi connectivity index (χ4v) is 5.07. The van der Waals surface area contributed by atoms with Gasteiger partial charge in [0, 0.05) is 25.0 Å². The summed E-state index contributed by atoms with van der Waals surface area (Å²) >= 11 is 5.80. The molecule has 3 heterocycles. The van der Waals surface area contributed by atoms with E-state index >= 15 is 0 Å². The summed E-state index contributed by atoms with van der Waals surface area (Å²) in [5.74, 6) is -4.36. The number of hydrogen-bond donors (Lipinski definition) is 3. The Morgan fingerprint density at radius 3 is 2.52 bits per heavy atom. The number of aromatic nitrogens is 2. The van der Waals surface area contributed by atoms with Crippen LogP contribution in [-0.2, 0) is 10.3 Å². The van der Waals surface area contributed by atoms with Crippen molar-refractivity contribution in [1.82, 2.24) is 14.9 Å². The number of rotatable bonds is 8. The van der Waals surface area contributed by atoms with Gasteiger partial charge in [-0.1, -0.05) is 30.5 Å². The van der Waals surface area contributed by atoms with Gasteiger partial charge in [-0.05, 0) is 66.3 Å². The molecule has 2 aliphatic rings. The first kappa shape index (κ1) is 27.9. The number of anilines is 2. The number of nitrogens with one attached hydrogen (secondary N) is 2. The molecule has 3 amide bonds. The van der Waals surface area contributed by atoms with Crippen LogP contribution in [0.5, 0.6) is 0 Å². The molecular weight excluding hydrogens is 545 g/mol. The highest BCUT2D eigenvalue weighted by atomic mass is 35.5. The molecule has 2 aromatic heterocycles. The predicted molar refractivity (Wildman–Crippen MR) is 145 cm³/mol. The highest BCUT2D eigenvalue weighted by Gasteiger charge is 2.50. The van der Waals surface area contributed by atoms with Gasteiger partial charge in [0.1, 0.15) is 17.7 Å². The average molecular weight is 573 g/mol. The molecule has 1 aliphatic heterocycles. The lowest BCUT2D eigenvalue weighted by atomic mass is 9.79. The van der Waals surface area contributed by atoms with E-state index in [4.69, 9.17) is 17.3 Å². The van der Waals surface area contributed by atoms with Crippen molar-refractivity contribution < 1.29 is 22.8 Å². The molecule has 2 atom stereocenters. The van der Waals surface area contributed by atoms with E-state index in [0.717, 1.165) is 24.8 Å². The van der Waals surface area contributed by atoms with Gasteiger partial charge in [-0.2, -0.15) is 0 Å². The first-order chi connectivity index (χ1) is 19.0. The zero-order valence-corrected chi connectivity index (χ0v) is 22.2. The maximum absolute atomic E-state index is 14.9. The smallest absolute Gasteiger partial charge is 0.322 e. The van der Waals surface area contributed by atoms with Crippen molar-refractivity contribution in [2.45, 2.75) is 49.6 Å². The number of carbonyl (C=O) groups is 2. The third-order valence-corrected chi connectivity index (χ3v) is 7.60. The van der Waals surface area contributed by atoms with E-state index in [-0.39, 0.29) is 11.5 Å². The number of likely N-dealkylation sites (tertiary alicyclic amines) is 1. The molecule has 1 unspecified atom stereocenters. The van der Waals surface area contributed by atoms with Gasteiger partial charge in [0.2, 0.25) is 5.91 Å². The lowest BCUT2D eigenvalue weighted by Gasteiger charge is -2.31. The van der Waals surface area contributed by atoms with Crippen LogP contribution in [0.4, 0.5) is 29.5 Å². The first-order valence-corrected chi connectivity index (χ1v) is 13.3. The van der Waals surface area contributed by atoms with E-state index in [2.05, 4.69) is 20.6 Å². The zero-order valence-electron chi connectivity index (χ0n) is 21.4. The number of halogens is 4. The number of benzene rings is 1. The van der Waals surface area contributed by atoms with Crippen molar-refractivity contribution in [3.8, 4) is 0 Å². The Bertz CT molecular complexity index is 1390. The lowest BCUT2D eigenvalue weighted by molar-refractivity contribution is -0.119. The van der Waals surface area contributed by atoms with Gasteiger partial charge >= 0.3 is 6.03 Å². The Kier molecular flexibility index (Phi) is 7.70. The molecule has 40 heavy (non-hydrogen) atoms. The van der Waals surface area contributed by atoms with Crippen LogP contribution in [0.3, 0.4) is 0 Å². The van der Waals surface area contributed by atoms with Crippen molar-refractivity contribution >= 4 is 35.0 Å². The van der Waals surface area contributed by atoms with Crippen molar-refractivity contribution in [3.05, 3.63) is 83.0 Å². The third kappa shape index (κ3) is 6.20. The minimum Gasteiger partial charge on any atom is -0.322 e. The minimum atomic E-state index is -3.32. The van der Waals surface area contributed by atoms with Gasteiger partial charge < -0.3 is 16.0 Å². The molecule has 1 aliphatic carbocycles. The number of amides is 3. The van der Waals surface area contributed by atoms with Gasteiger partial charge in [-0.15, -0.1) is 0 Å². The van der Waals surface area contributed by atoms with Crippen LogP contribution in [0.25, 0.3) is 0 Å². The summed E-state index contributed by atoms with van der Waals surface area (Å²) in [6.45, 7) is -0.984. The number of nitrogens with zero attached hydrogens (tertiary/aromatic N) is 3. The Hall–Kier alpha value is -3.70. The van der Waals surface area contributed by atoms with Gasteiger partial charge in [0.15, 0.2) is 0 Å². The summed E-state index contributed by atoms with van der Waals surface area (Å²) < 4.78 is 43.7. The Morgan fingerprint density at radius 2 is 1.85 bits per heavy atom. The molecule has 1 saturated carbocycles. The summed E-state index contributed by atoms with van der Waals surface area (Å²) in [4.78, 5) is 34.7. The monoisotopic (exact) mass is 572 g/mol. The van der Waals surface area contributed by atoms with Crippen LogP contribution in [0.15, 0.2) is 61.1 Å². The number of urea groups is 1. The van der Waals surface area contributed by atoms with Gasteiger partial charge in [0.25, 0.3) is 5.92 Å². The fourth-order valence-electron chi connectivity index (χ4n) is 4.95. The molecule has 2 fully saturated rings. The van der Waals surface area contributed by atoms with Crippen molar-refractivity contribution in [3.63, 3.8) is 0 Å². The van der Waals surface area contributed by atoms with Crippen molar-refractivity contribution in [1.29, 1.82) is 0 Å². The molecule has 1 aromatic carbocycles. The van der Waals surface area contributed by atoms with Crippen LogP contribution in [-0.4, -0.2) is 45.3 Å². The van der Waals surface area contributed by atoms with Gasteiger partial charge in [-0.25, -0.2) is 22.9 Å². The van der Waals surface area contributed by atoms with Crippen molar-refractivity contribution in [2.75, 3.05) is 17.2 Å². The molecule has 0 radical (unpaired) electrons. The highest BCUT2D eigenvalue weighted by Crippen LogP contribution is 2.40. The molecule has 5 rings (SSSR count). The van der Waals surface area contributed by atoms with Crippen LogP contribution in [0.1, 0.15) is 43.2 Å². The van der Waals surface area contributed by atoms with E-state index < -0.39 is 48.2 Å². The van der Waals surface area contributed by atoms with Crippen LogP contribution >= 0.6 is 11.6 Å². The first-order valence-electron chi connectivity index (χ1n) is 12.9. The highest BCUT2D eigenvalue weighted by molar-refractivity contribution is 6.30. The topological polar surface area (TPSA) is 113 Å². The molecule has 210 valence electrons. The maximum atomic E-state index is 14.9. The van der Waals surface area contributed by atoms with Gasteiger partial charge in [-0.3, -0.25) is 15.1 Å². The van der Waals surface area contributed by atoms with Gasteiger partial charge in [0.05, 0.1) is 22.8 Å². The molecule has 3 aromatic rings. The molecule has 8 nitrogen and oxygen atoms in total. The average Bonchev–Trinajstić information content (AvgIpc) is 3.71. The maximum Gasteiger partial charge on any atom is 0.323 e. The SMILES string of the molecule is NC(CCC1CC1)(c1ccncc1)c1ccc(F)c(NC(=O)[C@H]2CC(F)(F)CN2C(=O)Nc2ccc(Cl)cn2)c1. The lowest BCUT2D eigenvalue weighted by Crippen LogP contribution is -2.45. The summed E-state index contributed by atoms with van der Waals surface area (Å²) in [6.07, 6.45) is 7.36. The van der Waals surface area contributed by atoms with Crippen LogP contribution in [0.2, 0.25) is 5.02 Å². The number of hydrogen-bond acceptors (Lipinski definition) is 5. The predicted octanol–water partition coefficient (Wildman–Crippen LogP) is 5.54. The minimum absolute atomic E-state index is 0.0733. The van der Waals surface area contributed by atoms with Crippen molar-refractivity contribution in [2.24, 2.45) is 11.7 Å². The van der Waals surface area contributed by atoms with E-state index in [1.807, 2.05) is 0 Å². The Labute approximate surface area is 234 Å². The summed E-state index contributed by atoms with van der Waals surface area (Å²) in [5, 5.41) is 5.13. The van der Waals surface area contributed by atoms with E-state index in [1.165, 1.54) is 30.5 Å². The largest absolute Gasteiger partial charge is 0.323 e. The number of carbonyl (C=O) groups excluding carboxylic acids is 2. The second-order valence-corrected chi connectivity index (χ2v) is 10.8. The zero-order chi connectivity index (χ0) is 28.5. The third-order valence-electron chi connectivity index (χ3n) is 7.37. The van der Waals surface area contributed by atoms with E-state index in [9.17, 15) is 22.8 Å². The molecule has 12 heteroatoms. The fraction of sp³-hybridized carbons (Fsp3) is 0.357. The normalized spacial score (nSPS) is 19.6. The number of nitrogens with two attached hydrogens (primary N) is 1. The van der Waals surface area contributed by atoms with Crippen LogP contribution < -0.4 is 16.4 Å². The Morgan fingerprint density at radius 1 is 1.10 bits per heavy atom. The number of pyridine rings is 2. The molecular formula is C28H28ClF3N6O2. The second kappa shape index (κ2) is 11.1. The second-order valence-electron chi connectivity index (χ2n) is 10.4. The van der Waals surface area contributed by atoms with E-state index in [0.29, 0.717) is 27.8 Å². The number of alkyl halides is 2. The summed E-state index contributed by atoms with van der Waals surface area (Å²) in [6, 6.07) is 8.12. The standard InChI is InChI=1S/C28H28ClF3N6O2/c29-20-4-6-24(35-15-20)37-26(40)38-16-27(31,32)14-23(38)25(39)36-22-13-19(3-5-21(22)30)28(33,10-7-17-1-2-17)18-8-11-34-12-9-18/h3-6,8-9,11-13,15,17,23H,1-2,7,10,14,16,33H2,(H,36,39)(H,35,37,40)/t23-,28?/m1/s1. The quantitative estimate of drug-likeness (QED) is 0.328. The summed E-state index contributed by atoms with van der Waals surface area (Å²) in [7, 11) is 0. The molecule has 0 spiro atoms. The van der Waals surface area contributed by atoms with Crippen LogP contribution in [0, 0.1) is 11.7 Å².